The maximum atomic E-state index is 6.21. The van der Waals surface area contributed by atoms with E-state index in [0.717, 1.165) is 28.4 Å². The molecule has 0 saturated heterocycles. The fourth-order valence-corrected chi connectivity index (χ4v) is 5.83. The Morgan fingerprint density at radius 2 is 1.38 bits per heavy atom. The fourth-order valence-electron chi connectivity index (χ4n) is 3.61. The minimum absolute atomic E-state index is 0.0756. The summed E-state index contributed by atoms with van der Waals surface area (Å²) in [6.07, 6.45) is 0.859. The summed E-state index contributed by atoms with van der Waals surface area (Å²) in [5.74, 6) is 2.66. The SMILES string of the molecule is CC(C)Oc1cccc(OC(C)C)c1-c1cccc2c1[P@@](c1ccccc1)CO2. The Morgan fingerprint density at radius 3 is 2.00 bits per heavy atom. The maximum absolute atomic E-state index is 6.21. The van der Waals surface area contributed by atoms with Gasteiger partial charge in [-0.15, -0.1) is 0 Å². The molecule has 0 aromatic heterocycles. The van der Waals surface area contributed by atoms with E-state index in [2.05, 4.69) is 76.2 Å². The van der Waals surface area contributed by atoms with Crippen molar-refractivity contribution in [1.29, 1.82) is 0 Å². The summed E-state index contributed by atoms with van der Waals surface area (Å²) in [7, 11) is -0.599. The monoisotopic (exact) mass is 406 g/mol. The normalized spacial score (nSPS) is 15.3. The van der Waals surface area contributed by atoms with E-state index in [4.69, 9.17) is 14.2 Å². The molecule has 1 aliphatic heterocycles. The molecular formula is C25H27O3P. The Labute approximate surface area is 174 Å². The molecule has 0 fully saturated rings. The number of benzene rings is 3. The van der Waals surface area contributed by atoms with Gasteiger partial charge in [-0.05, 0) is 59.1 Å². The third-order valence-corrected chi connectivity index (χ3v) is 6.98. The standard InChI is InChI=1S/C25H27O3P/c1-17(2)27-21-13-9-14-22(28-18(3)4)24(21)20-12-8-15-23-25(20)29(16-26-23)19-10-6-5-7-11-19/h5-15,17-18H,16H2,1-4H3/t29-/m1/s1. The maximum Gasteiger partial charge on any atom is 0.131 e. The van der Waals surface area contributed by atoms with E-state index in [1.165, 1.54) is 10.6 Å². The van der Waals surface area contributed by atoms with Crippen LogP contribution < -0.4 is 24.8 Å². The molecule has 29 heavy (non-hydrogen) atoms. The molecule has 0 unspecified atom stereocenters. The first-order valence-electron chi connectivity index (χ1n) is 10.1. The molecule has 1 aliphatic rings. The van der Waals surface area contributed by atoms with Crippen LogP contribution in [0.2, 0.25) is 0 Å². The molecule has 0 saturated carbocycles. The highest BCUT2D eigenvalue weighted by Crippen LogP contribution is 2.49. The average Bonchev–Trinajstić information content (AvgIpc) is 3.12. The van der Waals surface area contributed by atoms with Gasteiger partial charge < -0.3 is 14.2 Å². The molecular weight excluding hydrogens is 379 g/mol. The van der Waals surface area contributed by atoms with Crippen LogP contribution in [0.25, 0.3) is 11.1 Å². The van der Waals surface area contributed by atoms with Gasteiger partial charge in [0.25, 0.3) is 0 Å². The van der Waals surface area contributed by atoms with E-state index >= 15 is 0 Å². The Bertz CT molecular complexity index is 954. The minimum atomic E-state index is -0.599. The Morgan fingerprint density at radius 1 is 0.759 bits per heavy atom. The highest BCUT2D eigenvalue weighted by atomic mass is 31.1. The van der Waals surface area contributed by atoms with Crippen LogP contribution in [-0.2, 0) is 0 Å². The van der Waals surface area contributed by atoms with Gasteiger partial charge in [0.1, 0.15) is 23.6 Å². The predicted octanol–water partition coefficient (Wildman–Crippen LogP) is 5.71. The molecule has 0 spiro atoms. The van der Waals surface area contributed by atoms with Crippen LogP contribution in [0, 0.1) is 0 Å². The minimum Gasteiger partial charge on any atom is -0.490 e. The van der Waals surface area contributed by atoms with Crippen molar-refractivity contribution in [2.75, 3.05) is 6.35 Å². The quantitative estimate of drug-likeness (QED) is 0.491. The van der Waals surface area contributed by atoms with E-state index < -0.39 is 7.92 Å². The summed E-state index contributed by atoms with van der Waals surface area (Å²) < 4.78 is 18.5. The molecule has 3 aromatic rings. The van der Waals surface area contributed by atoms with Crippen LogP contribution >= 0.6 is 7.92 Å². The lowest BCUT2D eigenvalue weighted by Gasteiger charge is -2.22. The smallest absolute Gasteiger partial charge is 0.131 e. The molecule has 0 aliphatic carbocycles. The van der Waals surface area contributed by atoms with Gasteiger partial charge >= 0.3 is 0 Å². The molecule has 4 rings (SSSR count). The highest BCUT2D eigenvalue weighted by Gasteiger charge is 2.31. The van der Waals surface area contributed by atoms with Gasteiger partial charge in [0.2, 0.25) is 0 Å². The van der Waals surface area contributed by atoms with Crippen molar-refractivity contribution >= 4 is 18.5 Å². The van der Waals surface area contributed by atoms with E-state index in [-0.39, 0.29) is 12.2 Å². The molecule has 0 amide bonds. The second-order valence-corrected chi connectivity index (χ2v) is 9.73. The molecule has 3 nitrogen and oxygen atoms in total. The van der Waals surface area contributed by atoms with Crippen LogP contribution in [-0.4, -0.2) is 18.6 Å². The Hall–Kier alpha value is -2.51. The number of rotatable bonds is 6. The van der Waals surface area contributed by atoms with Crippen molar-refractivity contribution in [2.45, 2.75) is 39.9 Å². The average molecular weight is 406 g/mol. The lowest BCUT2D eigenvalue weighted by Crippen LogP contribution is -2.14. The van der Waals surface area contributed by atoms with E-state index in [1.54, 1.807) is 0 Å². The number of hydrogen-bond acceptors (Lipinski definition) is 3. The van der Waals surface area contributed by atoms with Crippen LogP contribution in [0.1, 0.15) is 27.7 Å². The van der Waals surface area contributed by atoms with Crippen LogP contribution in [0.15, 0.2) is 66.7 Å². The van der Waals surface area contributed by atoms with Crippen LogP contribution in [0.4, 0.5) is 0 Å². The van der Waals surface area contributed by atoms with Gasteiger partial charge in [-0.25, -0.2) is 0 Å². The number of hydrogen-bond donors (Lipinski definition) is 0. The van der Waals surface area contributed by atoms with Gasteiger partial charge in [-0.1, -0.05) is 48.5 Å². The second-order valence-electron chi connectivity index (χ2n) is 7.65. The lowest BCUT2D eigenvalue weighted by molar-refractivity contribution is 0.231. The summed E-state index contributed by atoms with van der Waals surface area (Å²) in [6.45, 7) is 8.20. The third-order valence-electron chi connectivity index (χ3n) is 4.67. The van der Waals surface area contributed by atoms with Gasteiger partial charge in [-0.2, -0.15) is 0 Å². The van der Waals surface area contributed by atoms with Gasteiger partial charge in [0.05, 0.1) is 17.8 Å². The second kappa shape index (κ2) is 8.47. The van der Waals surface area contributed by atoms with E-state index in [1.807, 2.05) is 18.2 Å². The van der Waals surface area contributed by atoms with E-state index in [9.17, 15) is 0 Å². The van der Waals surface area contributed by atoms with Crippen molar-refractivity contribution in [3.05, 3.63) is 66.7 Å². The Balaban J connectivity index is 1.91. The molecule has 0 bridgehead atoms. The molecule has 0 N–H and O–H groups in total. The molecule has 1 atom stereocenters. The van der Waals surface area contributed by atoms with Crippen molar-refractivity contribution < 1.29 is 14.2 Å². The topological polar surface area (TPSA) is 27.7 Å². The van der Waals surface area contributed by atoms with Crippen molar-refractivity contribution in [3.63, 3.8) is 0 Å². The third kappa shape index (κ3) is 4.11. The summed E-state index contributed by atoms with van der Waals surface area (Å²) >= 11 is 0. The summed E-state index contributed by atoms with van der Waals surface area (Å²) in [4.78, 5) is 0. The lowest BCUT2D eigenvalue weighted by atomic mass is 10.0. The largest absolute Gasteiger partial charge is 0.490 e. The molecule has 0 radical (unpaired) electrons. The van der Waals surface area contributed by atoms with Crippen molar-refractivity contribution in [1.82, 2.24) is 0 Å². The zero-order valence-electron chi connectivity index (χ0n) is 17.4. The molecule has 150 valence electrons. The first kappa shape index (κ1) is 19.8. The molecule has 3 aromatic carbocycles. The van der Waals surface area contributed by atoms with Gasteiger partial charge in [-0.3, -0.25) is 0 Å². The molecule has 4 heteroatoms. The summed E-state index contributed by atoms with van der Waals surface area (Å²) in [5, 5.41) is 2.59. The van der Waals surface area contributed by atoms with E-state index in [0.29, 0.717) is 6.35 Å². The highest BCUT2D eigenvalue weighted by molar-refractivity contribution is 7.73. The van der Waals surface area contributed by atoms with Gasteiger partial charge in [0.15, 0.2) is 0 Å². The van der Waals surface area contributed by atoms with Crippen LogP contribution in [0.5, 0.6) is 17.2 Å². The van der Waals surface area contributed by atoms with Crippen LogP contribution in [0.3, 0.4) is 0 Å². The van der Waals surface area contributed by atoms with Crippen molar-refractivity contribution in [3.8, 4) is 28.4 Å². The fraction of sp³-hybridized carbons (Fsp3) is 0.280. The van der Waals surface area contributed by atoms with Crippen molar-refractivity contribution in [2.24, 2.45) is 0 Å². The predicted molar refractivity (Wildman–Crippen MR) is 122 cm³/mol. The zero-order valence-corrected chi connectivity index (χ0v) is 18.3. The zero-order chi connectivity index (χ0) is 20.4. The number of ether oxygens (including phenoxy) is 3. The van der Waals surface area contributed by atoms with Gasteiger partial charge in [0, 0.05) is 10.9 Å². The summed E-state index contributed by atoms with van der Waals surface area (Å²) in [5.41, 5.74) is 2.16. The molecule has 1 heterocycles. The first-order chi connectivity index (χ1) is 14.0. The number of fused-ring (bicyclic) bond motifs is 1. The summed E-state index contributed by atoms with van der Waals surface area (Å²) in [6, 6.07) is 23.0. The first-order valence-corrected chi connectivity index (χ1v) is 11.6. The Kier molecular flexibility index (Phi) is 5.78.